The van der Waals surface area contributed by atoms with Gasteiger partial charge in [-0.05, 0) is 37.5 Å². The van der Waals surface area contributed by atoms with Gasteiger partial charge in [0.2, 0.25) is 5.91 Å². The molecule has 0 aliphatic heterocycles. The van der Waals surface area contributed by atoms with Crippen LogP contribution < -0.4 is 5.32 Å². The Balaban J connectivity index is 2.54. The smallest absolute Gasteiger partial charge is 0.246 e. The molecular weight excluding hydrogens is 214 g/mol. The van der Waals surface area contributed by atoms with Crippen LogP contribution in [0.25, 0.3) is 0 Å². The number of carbonyl (C=O) groups is 1. The molecule has 3 unspecified atom stereocenters. The summed E-state index contributed by atoms with van der Waals surface area (Å²) >= 11 is 0. The fraction of sp³-hybridized carbons (Fsp3) is 0.786. The van der Waals surface area contributed by atoms with Crippen LogP contribution in [0, 0.1) is 11.3 Å². The highest BCUT2D eigenvalue weighted by Crippen LogP contribution is 2.37. The molecule has 98 valence electrons. The molecule has 0 heterocycles. The van der Waals surface area contributed by atoms with Gasteiger partial charge in [0.15, 0.2) is 0 Å². The van der Waals surface area contributed by atoms with E-state index in [4.69, 9.17) is 0 Å². The first-order chi connectivity index (χ1) is 7.71. The predicted molar refractivity (Wildman–Crippen MR) is 69.5 cm³/mol. The average molecular weight is 239 g/mol. The number of aliphatic hydroxyl groups is 1. The second-order valence-corrected chi connectivity index (χ2v) is 6.30. The Hall–Kier alpha value is -0.830. The van der Waals surface area contributed by atoms with Crippen molar-refractivity contribution >= 4 is 5.91 Å². The number of hydrogen-bond acceptors (Lipinski definition) is 2. The number of aliphatic hydroxyl groups excluding tert-OH is 1. The van der Waals surface area contributed by atoms with E-state index in [1.807, 2.05) is 0 Å². The minimum atomic E-state index is -0.434. The first-order valence-corrected chi connectivity index (χ1v) is 6.36. The van der Waals surface area contributed by atoms with Gasteiger partial charge in [-0.1, -0.05) is 27.4 Å². The van der Waals surface area contributed by atoms with E-state index >= 15 is 0 Å². The summed E-state index contributed by atoms with van der Waals surface area (Å²) in [5.41, 5.74) is 0.722. The number of carbonyl (C=O) groups excluding carboxylic acids is 1. The van der Waals surface area contributed by atoms with Gasteiger partial charge in [0.05, 0.1) is 12.1 Å². The molecule has 1 amide bonds. The lowest BCUT2D eigenvalue weighted by Gasteiger charge is -2.40. The Labute approximate surface area is 104 Å². The third kappa shape index (κ3) is 3.84. The fourth-order valence-corrected chi connectivity index (χ4v) is 2.39. The van der Waals surface area contributed by atoms with Crippen LogP contribution in [0.15, 0.2) is 12.2 Å². The van der Waals surface area contributed by atoms with Crippen molar-refractivity contribution in [2.45, 2.75) is 59.1 Å². The van der Waals surface area contributed by atoms with Gasteiger partial charge in [-0.25, -0.2) is 0 Å². The Bertz CT molecular complexity index is 304. The molecule has 0 radical (unpaired) electrons. The molecular formula is C14H25NO2. The van der Waals surface area contributed by atoms with E-state index in [2.05, 4.69) is 32.7 Å². The number of nitrogens with one attached hydrogen (secondary N) is 1. The highest BCUT2D eigenvalue weighted by atomic mass is 16.3. The standard InChI is InChI=1S/C14H25NO2/c1-9(2)13(17)15-11-7-6-10(8-12(11)16)14(3,4)5/h10-12,16H,1,6-8H2,2-5H3,(H,15,17). The largest absolute Gasteiger partial charge is 0.391 e. The normalized spacial score (nSPS) is 29.8. The van der Waals surface area contributed by atoms with Crippen LogP contribution in [0.4, 0.5) is 0 Å². The lowest BCUT2D eigenvalue weighted by molar-refractivity contribution is -0.119. The summed E-state index contributed by atoms with van der Waals surface area (Å²) in [7, 11) is 0. The van der Waals surface area contributed by atoms with E-state index in [0.29, 0.717) is 11.5 Å². The van der Waals surface area contributed by atoms with Crippen LogP contribution in [0.1, 0.15) is 47.0 Å². The summed E-state index contributed by atoms with van der Waals surface area (Å²) in [5.74, 6) is 0.374. The highest BCUT2D eigenvalue weighted by Gasteiger charge is 2.35. The van der Waals surface area contributed by atoms with Crippen molar-refractivity contribution < 1.29 is 9.90 Å². The second kappa shape index (κ2) is 5.21. The third-order valence-electron chi connectivity index (χ3n) is 3.75. The molecule has 3 atom stereocenters. The van der Waals surface area contributed by atoms with Crippen molar-refractivity contribution in [3.05, 3.63) is 12.2 Å². The van der Waals surface area contributed by atoms with Crippen molar-refractivity contribution in [3.8, 4) is 0 Å². The Morgan fingerprint density at radius 2 is 1.94 bits per heavy atom. The monoisotopic (exact) mass is 239 g/mol. The van der Waals surface area contributed by atoms with Gasteiger partial charge in [0, 0.05) is 5.57 Å². The zero-order valence-electron chi connectivity index (χ0n) is 11.4. The van der Waals surface area contributed by atoms with Crippen LogP contribution in [0.5, 0.6) is 0 Å². The molecule has 2 N–H and O–H groups in total. The maximum absolute atomic E-state index is 11.5. The molecule has 0 aromatic carbocycles. The third-order valence-corrected chi connectivity index (χ3v) is 3.75. The Morgan fingerprint density at radius 3 is 2.35 bits per heavy atom. The lowest BCUT2D eigenvalue weighted by atomic mass is 9.70. The van der Waals surface area contributed by atoms with Crippen LogP contribution in [0.2, 0.25) is 0 Å². The van der Waals surface area contributed by atoms with Crippen molar-refractivity contribution in [2.75, 3.05) is 0 Å². The van der Waals surface area contributed by atoms with E-state index in [1.165, 1.54) is 0 Å². The van der Waals surface area contributed by atoms with Crippen LogP contribution in [-0.4, -0.2) is 23.2 Å². The molecule has 0 aromatic rings. The molecule has 1 saturated carbocycles. The zero-order valence-corrected chi connectivity index (χ0v) is 11.4. The average Bonchev–Trinajstić information content (AvgIpc) is 2.19. The molecule has 1 aliphatic rings. The van der Waals surface area contributed by atoms with Gasteiger partial charge in [0.1, 0.15) is 0 Å². The summed E-state index contributed by atoms with van der Waals surface area (Å²) in [6, 6.07) is -0.113. The predicted octanol–water partition coefficient (Wildman–Crippen LogP) is 2.25. The minimum Gasteiger partial charge on any atom is -0.391 e. The van der Waals surface area contributed by atoms with Crippen LogP contribution >= 0.6 is 0 Å². The zero-order chi connectivity index (χ0) is 13.2. The van der Waals surface area contributed by atoms with Gasteiger partial charge < -0.3 is 10.4 Å². The van der Waals surface area contributed by atoms with Crippen LogP contribution in [-0.2, 0) is 4.79 Å². The SMILES string of the molecule is C=C(C)C(=O)NC1CCC(C(C)(C)C)CC1O. The summed E-state index contributed by atoms with van der Waals surface area (Å²) in [4.78, 5) is 11.5. The second-order valence-electron chi connectivity index (χ2n) is 6.30. The molecule has 1 aliphatic carbocycles. The molecule has 17 heavy (non-hydrogen) atoms. The van der Waals surface area contributed by atoms with Crippen molar-refractivity contribution in [1.82, 2.24) is 5.32 Å². The molecule has 3 nitrogen and oxygen atoms in total. The molecule has 3 heteroatoms. The number of amides is 1. The van der Waals surface area contributed by atoms with Gasteiger partial charge in [-0.15, -0.1) is 0 Å². The maximum atomic E-state index is 11.5. The first kappa shape index (κ1) is 14.2. The van der Waals surface area contributed by atoms with E-state index in [9.17, 15) is 9.90 Å². The molecule has 0 saturated heterocycles. The number of hydrogen-bond donors (Lipinski definition) is 2. The van der Waals surface area contributed by atoms with Gasteiger partial charge >= 0.3 is 0 Å². The van der Waals surface area contributed by atoms with E-state index < -0.39 is 6.10 Å². The summed E-state index contributed by atoms with van der Waals surface area (Å²) in [5, 5.41) is 12.9. The van der Waals surface area contributed by atoms with E-state index in [-0.39, 0.29) is 17.4 Å². The number of rotatable bonds is 2. The summed E-state index contributed by atoms with van der Waals surface area (Å²) in [6.45, 7) is 11.9. The molecule has 0 bridgehead atoms. The van der Waals surface area contributed by atoms with Gasteiger partial charge in [-0.2, -0.15) is 0 Å². The van der Waals surface area contributed by atoms with Gasteiger partial charge in [0.25, 0.3) is 0 Å². The highest BCUT2D eigenvalue weighted by molar-refractivity contribution is 5.92. The van der Waals surface area contributed by atoms with Crippen molar-refractivity contribution in [2.24, 2.45) is 11.3 Å². The quantitative estimate of drug-likeness (QED) is 0.726. The van der Waals surface area contributed by atoms with Crippen molar-refractivity contribution in [3.63, 3.8) is 0 Å². The Morgan fingerprint density at radius 1 is 1.35 bits per heavy atom. The van der Waals surface area contributed by atoms with Crippen molar-refractivity contribution in [1.29, 1.82) is 0 Å². The molecule has 1 rings (SSSR count). The lowest BCUT2D eigenvalue weighted by Crippen LogP contribution is -2.48. The van der Waals surface area contributed by atoms with E-state index in [1.54, 1.807) is 6.92 Å². The van der Waals surface area contributed by atoms with E-state index in [0.717, 1.165) is 19.3 Å². The Kier molecular flexibility index (Phi) is 4.36. The first-order valence-electron chi connectivity index (χ1n) is 6.36. The fourth-order valence-electron chi connectivity index (χ4n) is 2.39. The summed E-state index contributed by atoms with van der Waals surface area (Å²) in [6.07, 6.45) is 2.24. The molecule has 0 aromatic heterocycles. The molecule has 1 fully saturated rings. The minimum absolute atomic E-state index is 0.113. The van der Waals surface area contributed by atoms with Gasteiger partial charge in [-0.3, -0.25) is 4.79 Å². The topological polar surface area (TPSA) is 49.3 Å². The summed E-state index contributed by atoms with van der Waals surface area (Å²) < 4.78 is 0. The van der Waals surface area contributed by atoms with Crippen LogP contribution in [0.3, 0.4) is 0 Å². The molecule has 0 spiro atoms. The maximum Gasteiger partial charge on any atom is 0.246 e.